The van der Waals surface area contributed by atoms with E-state index in [0.717, 1.165) is 74.2 Å². The molecule has 1 aromatic heterocycles. The van der Waals surface area contributed by atoms with Gasteiger partial charge >= 0.3 is 5.97 Å². The lowest BCUT2D eigenvalue weighted by molar-refractivity contribution is -0.136. The highest BCUT2D eigenvalue weighted by molar-refractivity contribution is 7.18. The average molecular weight is 560 g/mol. The second-order valence-corrected chi connectivity index (χ2v) is 11.2. The Morgan fingerprint density at radius 2 is 1.95 bits per heavy atom. The van der Waals surface area contributed by atoms with Crippen LogP contribution < -0.4 is 9.64 Å². The third-order valence-corrected chi connectivity index (χ3v) is 8.70. The van der Waals surface area contributed by atoms with Gasteiger partial charge in [-0.15, -0.1) is 0 Å². The zero-order chi connectivity index (χ0) is 26.5. The van der Waals surface area contributed by atoms with Crippen LogP contribution in [0.4, 0.5) is 9.52 Å². The van der Waals surface area contributed by atoms with Crippen LogP contribution in [-0.2, 0) is 16.0 Å². The maximum atomic E-state index is 13.7. The number of carbonyl (C=O) groups is 1. The van der Waals surface area contributed by atoms with Crippen LogP contribution in [0.15, 0.2) is 48.7 Å². The van der Waals surface area contributed by atoms with Crippen molar-refractivity contribution in [1.29, 1.82) is 0 Å². The van der Waals surface area contributed by atoms with Crippen molar-refractivity contribution in [2.75, 3.05) is 50.9 Å². The summed E-state index contributed by atoms with van der Waals surface area (Å²) >= 11 is 7.80. The number of hydrogen-bond donors (Lipinski definition) is 1. The minimum absolute atomic E-state index is 0.0224. The van der Waals surface area contributed by atoms with E-state index >= 15 is 0 Å². The zero-order valence-electron chi connectivity index (χ0n) is 21.1. The molecule has 2 aliphatic rings. The minimum atomic E-state index is -0.903. The number of aliphatic carboxylic acids is 1. The molecular formula is C28H31ClFN3O4S. The van der Waals surface area contributed by atoms with Gasteiger partial charge in [-0.25, -0.2) is 9.37 Å². The first kappa shape index (κ1) is 26.9. The summed E-state index contributed by atoms with van der Waals surface area (Å²) in [6.07, 6.45) is 4.50. The van der Waals surface area contributed by atoms with Crippen molar-refractivity contribution in [3.63, 3.8) is 0 Å². The molecule has 0 unspecified atom stereocenters. The molecular weight excluding hydrogens is 529 g/mol. The van der Waals surface area contributed by atoms with E-state index in [2.05, 4.69) is 14.8 Å². The lowest BCUT2D eigenvalue weighted by Gasteiger charge is -2.50. The van der Waals surface area contributed by atoms with Crippen LogP contribution in [0.5, 0.6) is 5.75 Å². The molecule has 0 aliphatic carbocycles. The molecule has 10 heteroatoms. The number of hydrogen-bond acceptors (Lipinski definition) is 7. The molecule has 0 bridgehead atoms. The van der Waals surface area contributed by atoms with E-state index in [1.54, 1.807) is 41.7 Å². The molecule has 3 aromatic rings. The van der Waals surface area contributed by atoms with E-state index in [4.69, 9.17) is 26.2 Å². The molecule has 0 saturated carbocycles. The standard InChI is InChI=1S/C28H31ClFN3O4S/c29-22-14-20(16-26(34)35)15-24(18-22)37-11-6-28(33-9-12-36-13-10-33)4-7-32(8-5-28)27-31-19-25(38-27)21-2-1-3-23(30)17-21/h1-3,14-15,17-19H,4-13,16H2,(H,34,35). The molecule has 2 aliphatic heterocycles. The summed E-state index contributed by atoms with van der Waals surface area (Å²) in [5.41, 5.74) is 1.45. The molecule has 7 nitrogen and oxygen atoms in total. The van der Waals surface area contributed by atoms with Gasteiger partial charge in [0, 0.05) is 42.9 Å². The number of morpholine rings is 1. The number of aromatic nitrogens is 1. The highest BCUT2D eigenvalue weighted by Gasteiger charge is 2.40. The summed E-state index contributed by atoms with van der Waals surface area (Å²) in [7, 11) is 0. The third-order valence-electron chi connectivity index (χ3n) is 7.37. The quantitative estimate of drug-likeness (QED) is 0.378. The van der Waals surface area contributed by atoms with Gasteiger partial charge in [0.1, 0.15) is 11.6 Å². The van der Waals surface area contributed by atoms with Gasteiger partial charge in [0.2, 0.25) is 0 Å². The Kier molecular flexibility index (Phi) is 8.48. The third kappa shape index (κ3) is 6.46. The number of carboxylic acid groups (broad SMARTS) is 1. The first-order chi connectivity index (χ1) is 18.4. The number of nitrogens with zero attached hydrogens (tertiary/aromatic N) is 3. The van der Waals surface area contributed by atoms with E-state index in [0.29, 0.717) is 22.9 Å². The van der Waals surface area contributed by atoms with Crippen LogP contribution in [0.3, 0.4) is 0 Å². The molecule has 38 heavy (non-hydrogen) atoms. The molecule has 202 valence electrons. The minimum Gasteiger partial charge on any atom is -0.493 e. The second-order valence-electron chi connectivity index (χ2n) is 9.79. The highest BCUT2D eigenvalue weighted by Crippen LogP contribution is 2.38. The summed E-state index contributed by atoms with van der Waals surface area (Å²) in [6.45, 7) is 5.47. The molecule has 2 aromatic carbocycles. The summed E-state index contributed by atoms with van der Waals surface area (Å²) in [6, 6.07) is 11.8. The Labute approximate surface area is 230 Å². The van der Waals surface area contributed by atoms with E-state index < -0.39 is 5.97 Å². The zero-order valence-corrected chi connectivity index (χ0v) is 22.6. The van der Waals surface area contributed by atoms with Gasteiger partial charge in [0.25, 0.3) is 0 Å². The molecule has 1 N–H and O–H groups in total. The van der Waals surface area contributed by atoms with Crippen molar-refractivity contribution in [3.8, 4) is 16.2 Å². The van der Waals surface area contributed by atoms with Gasteiger partial charge in [0.15, 0.2) is 5.13 Å². The van der Waals surface area contributed by atoms with Crippen LogP contribution in [0.2, 0.25) is 5.02 Å². The highest BCUT2D eigenvalue weighted by atomic mass is 35.5. The van der Waals surface area contributed by atoms with Crippen LogP contribution >= 0.6 is 22.9 Å². The topological polar surface area (TPSA) is 75.1 Å². The molecule has 0 amide bonds. The van der Waals surface area contributed by atoms with Crippen LogP contribution in [0.1, 0.15) is 24.8 Å². The molecule has 0 atom stereocenters. The van der Waals surface area contributed by atoms with Gasteiger partial charge in [-0.05, 0) is 60.7 Å². The van der Waals surface area contributed by atoms with Crippen LogP contribution in [0.25, 0.3) is 10.4 Å². The van der Waals surface area contributed by atoms with Crippen molar-refractivity contribution < 1.29 is 23.8 Å². The predicted octanol–water partition coefficient (Wildman–Crippen LogP) is 5.37. The molecule has 3 heterocycles. The SMILES string of the molecule is O=C(O)Cc1cc(Cl)cc(OCCC2(N3CCOCC3)CCN(c3ncc(-c4cccc(F)c4)s3)CC2)c1. The van der Waals surface area contributed by atoms with Gasteiger partial charge in [-0.2, -0.15) is 0 Å². The van der Waals surface area contributed by atoms with E-state index in [-0.39, 0.29) is 17.8 Å². The first-order valence-corrected chi connectivity index (χ1v) is 14.0. The van der Waals surface area contributed by atoms with Crippen molar-refractivity contribution in [2.24, 2.45) is 0 Å². The van der Waals surface area contributed by atoms with Gasteiger partial charge in [0.05, 0.1) is 31.1 Å². The van der Waals surface area contributed by atoms with Crippen molar-refractivity contribution in [2.45, 2.75) is 31.2 Å². The molecule has 5 rings (SSSR count). The van der Waals surface area contributed by atoms with Crippen molar-refractivity contribution in [3.05, 3.63) is 65.1 Å². The predicted molar refractivity (Wildman–Crippen MR) is 147 cm³/mol. The maximum Gasteiger partial charge on any atom is 0.307 e. The second kappa shape index (κ2) is 12.0. The molecule has 2 saturated heterocycles. The Morgan fingerprint density at radius 3 is 2.68 bits per heavy atom. The fourth-order valence-corrected chi connectivity index (χ4v) is 6.61. The summed E-state index contributed by atoms with van der Waals surface area (Å²) in [5.74, 6) is -0.556. The van der Waals surface area contributed by atoms with Crippen molar-refractivity contribution >= 4 is 34.0 Å². The number of benzene rings is 2. The number of carboxylic acids is 1. The van der Waals surface area contributed by atoms with Gasteiger partial charge in [-0.1, -0.05) is 35.1 Å². The fourth-order valence-electron chi connectivity index (χ4n) is 5.40. The Balaban J connectivity index is 1.25. The van der Waals surface area contributed by atoms with Gasteiger partial charge in [-0.3, -0.25) is 9.69 Å². The fraction of sp³-hybridized carbons (Fsp3) is 0.429. The number of thiazole rings is 1. The lowest BCUT2D eigenvalue weighted by Crippen LogP contribution is -2.59. The van der Waals surface area contributed by atoms with E-state index in [1.807, 2.05) is 12.3 Å². The smallest absolute Gasteiger partial charge is 0.307 e. The number of rotatable bonds is 9. The van der Waals surface area contributed by atoms with Crippen molar-refractivity contribution in [1.82, 2.24) is 9.88 Å². The Morgan fingerprint density at radius 1 is 1.16 bits per heavy atom. The average Bonchev–Trinajstić information content (AvgIpc) is 3.39. The van der Waals surface area contributed by atoms with E-state index in [9.17, 15) is 9.18 Å². The van der Waals surface area contributed by atoms with E-state index in [1.165, 1.54) is 6.07 Å². The summed E-state index contributed by atoms with van der Waals surface area (Å²) in [5, 5.41) is 10.6. The summed E-state index contributed by atoms with van der Waals surface area (Å²) in [4.78, 5) is 21.6. The molecule has 0 radical (unpaired) electrons. The van der Waals surface area contributed by atoms with Crippen LogP contribution in [-0.4, -0.2) is 72.5 Å². The molecule has 0 spiro atoms. The Bertz CT molecular complexity index is 1260. The van der Waals surface area contributed by atoms with Crippen LogP contribution in [0, 0.1) is 5.82 Å². The monoisotopic (exact) mass is 559 g/mol. The molecule has 2 fully saturated rings. The summed E-state index contributed by atoms with van der Waals surface area (Å²) < 4.78 is 25.4. The number of piperidine rings is 1. The first-order valence-electron chi connectivity index (χ1n) is 12.8. The number of ether oxygens (including phenoxy) is 2. The number of anilines is 1. The number of halogens is 2. The van der Waals surface area contributed by atoms with Gasteiger partial charge < -0.3 is 19.5 Å². The normalized spacial score (nSPS) is 17.9. The lowest BCUT2D eigenvalue weighted by atomic mass is 9.82. The maximum absolute atomic E-state index is 13.7. The largest absolute Gasteiger partial charge is 0.493 e. The Hall–Kier alpha value is -2.72.